The molecular weight excluding hydrogens is 471 g/mol. The second-order valence-electron chi connectivity index (χ2n) is 8.82. The van der Waals surface area contributed by atoms with Gasteiger partial charge in [0.2, 0.25) is 0 Å². The summed E-state index contributed by atoms with van der Waals surface area (Å²) in [5, 5.41) is 11.5. The number of nitro groups is 1. The van der Waals surface area contributed by atoms with Crippen LogP contribution in [0.25, 0.3) is 0 Å². The topological polar surface area (TPSA) is 113 Å². The summed E-state index contributed by atoms with van der Waals surface area (Å²) < 4.78 is 19.6. The minimum absolute atomic E-state index is 0.00625. The van der Waals surface area contributed by atoms with Crippen molar-refractivity contribution in [2.24, 2.45) is 0 Å². The summed E-state index contributed by atoms with van der Waals surface area (Å²) >= 11 is 0. The van der Waals surface area contributed by atoms with Gasteiger partial charge in [-0.3, -0.25) is 19.7 Å². The molecule has 0 unspecified atom stereocenters. The molecule has 1 amide bonds. The first-order chi connectivity index (χ1) is 17.2. The van der Waals surface area contributed by atoms with E-state index in [1.165, 1.54) is 30.0 Å². The van der Waals surface area contributed by atoms with Gasteiger partial charge in [0, 0.05) is 50.9 Å². The van der Waals surface area contributed by atoms with E-state index < -0.39 is 29.2 Å². The van der Waals surface area contributed by atoms with E-state index >= 15 is 0 Å². The zero-order chi connectivity index (χ0) is 25.8. The van der Waals surface area contributed by atoms with E-state index in [9.17, 15) is 28.9 Å². The number of nitro benzene ring substituents is 1. The van der Waals surface area contributed by atoms with E-state index in [-0.39, 0.29) is 17.0 Å². The Morgan fingerprint density at radius 2 is 1.53 bits per heavy atom. The number of nitrogens with zero attached hydrogens (tertiary/aromatic N) is 4. The van der Waals surface area contributed by atoms with Crippen LogP contribution in [0, 0.1) is 15.9 Å². The molecule has 2 aliphatic heterocycles. The molecule has 0 aliphatic carbocycles. The number of esters is 1. The van der Waals surface area contributed by atoms with Crippen LogP contribution >= 0.6 is 0 Å². The van der Waals surface area contributed by atoms with Gasteiger partial charge in [-0.15, -0.1) is 0 Å². The molecule has 2 heterocycles. The quantitative estimate of drug-likeness (QED) is 0.248. The lowest BCUT2D eigenvalue weighted by Gasteiger charge is -2.36. The van der Waals surface area contributed by atoms with E-state index in [0.29, 0.717) is 43.1 Å². The molecule has 2 fully saturated rings. The van der Waals surface area contributed by atoms with Gasteiger partial charge in [0.05, 0.1) is 16.2 Å². The van der Waals surface area contributed by atoms with Crippen LogP contribution in [0.5, 0.6) is 0 Å². The standard InChI is InChI=1S/C25H27FN4O6/c1-17(31)18-4-6-21(20(26)14-18)28-10-12-29(13-11-28)24(32)16-36-25(33)19-5-7-22(23(15-19)30(34)35)27-8-2-3-9-27/h4-7,14-15H,2-3,8-13,16H2,1H3. The Bertz CT molecular complexity index is 1190. The molecule has 36 heavy (non-hydrogen) atoms. The predicted molar refractivity (Wildman–Crippen MR) is 130 cm³/mol. The molecular formula is C25H27FN4O6. The molecule has 0 spiro atoms. The third kappa shape index (κ3) is 5.45. The third-order valence-electron chi connectivity index (χ3n) is 6.51. The fraction of sp³-hybridized carbons (Fsp3) is 0.400. The summed E-state index contributed by atoms with van der Waals surface area (Å²) in [4.78, 5) is 52.7. The van der Waals surface area contributed by atoms with Gasteiger partial charge in [-0.25, -0.2) is 9.18 Å². The van der Waals surface area contributed by atoms with E-state index in [4.69, 9.17) is 4.74 Å². The molecule has 2 aliphatic rings. The molecule has 0 atom stereocenters. The highest BCUT2D eigenvalue weighted by atomic mass is 19.1. The maximum atomic E-state index is 14.4. The van der Waals surface area contributed by atoms with Crippen LogP contribution in [0.4, 0.5) is 21.5 Å². The fourth-order valence-corrected chi connectivity index (χ4v) is 4.50. The molecule has 2 aromatic carbocycles. The lowest BCUT2D eigenvalue weighted by molar-refractivity contribution is -0.384. The first-order valence-corrected chi connectivity index (χ1v) is 11.8. The monoisotopic (exact) mass is 498 g/mol. The fourth-order valence-electron chi connectivity index (χ4n) is 4.50. The first kappa shape index (κ1) is 25.1. The van der Waals surface area contributed by atoms with Crippen LogP contribution in [-0.2, 0) is 9.53 Å². The Morgan fingerprint density at radius 1 is 0.917 bits per heavy atom. The third-order valence-corrected chi connectivity index (χ3v) is 6.51. The van der Waals surface area contributed by atoms with Crippen LogP contribution in [0.2, 0.25) is 0 Å². The highest BCUT2D eigenvalue weighted by molar-refractivity contribution is 5.94. The number of hydrogen-bond donors (Lipinski definition) is 0. The summed E-state index contributed by atoms with van der Waals surface area (Å²) in [6.07, 6.45) is 1.91. The maximum absolute atomic E-state index is 14.4. The summed E-state index contributed by atoms with van der Waals surface area (Å²) in [7, 11) is 0. The molecule has 10 nitrogen and oxygen atoms in total. The van der Waals surface area contributed by atoms with Gasteiger partial charge in [-0.2, -0.15) is 0 Å². The predicted octanol–water partition coefficient (Wildman–Crippen LogP) is 3.04. The molecule has 0 saturated carbocycles. The number of amides is 1. The Morgan fingerprint density at radius 3 is 2.14 bits per heavy atom. The zero-order valence-electron chi connectivity index (χ0n) is 19.9. The molecule has 0 radical (unpaired) electrons. The van der Waals surface area contributed by atoms with Crippen LogP contribution in [0.3, 0.4) is 0 Å². The second kappa shape index (κ2) is 10.7. The van der Waals surface area contributed by atoms with Crippen LogP contribution in [0.15, 0.2) is 36.4 Å². The summed E-state index contributed by atoms with van der Waals surface area (Å²) in [6.45, 7) is 3.69. The summed E-state index contributed by atoms with van der Waals surface area (Å²) in [6, 6.07) is 8.53. The van der Waals surface area contributed by atoms with Gasteiger partial charge >= 0.3 is 5.97 Å². The first-order valence-electron chi connectivity index (χ1n) is 11.8. The minimum atomic E-state index is -0.814. The number of Topliss-reactive ketones (excluding diaryl/α,β-unsaturated/α-hetero) is 1. The van der Waals surface area contributed by atoms with Gasteiger partial charge in [0.25, 0.3) is 11.6 Å². The number of benzene rings is 2. The number of hydrogen-bond acceptors (Lipinski definition) is 8. The van der Waals surface area contributed by atoms with Crippen molar-refractivity contribution in [2.75, 3.05) is 55.7 Å². The largest absolute Gasteiger partial charge is 0.452 e. The number of carbonyl (C=O) groups is 3. The molecule has 0 N–H and O–H groups in total. The van der Waals surface area contributed by atoms with Crippen LogP contribution in [-0.4, -0.2) is 73.4 Å². The average molecular weight is 499 g/mol. The van der Waals surface area contributed by atoms with E-state index in [1.54, 1.807) is 23.1 Å². The Balaban J connectivity index is 1.32. The Hall–Kier alpha value is -4.02. The van der Waals surface area contributed by atoms with Crippen LogP contribution in [0.1, 0.15) is 40.5 Å². The van der Waals surface area contributed by atoms with Gasteiger partial charge in [-0.1, -0.05) is 0 Å². The van der Waals surface area contributed by atoms with E-state index in [1.807, 2.05) is 4.90 Å². The van der Waals surface area contributed by atoms with Crippen molar-refractivity contribution in [1.82, 2.24) is 4.90 Å². The molecule has 190 valence electrons. The minimum Gasteiger partial charge on any atom is -0.452 e. The zero-order valence-corrected chi connectivity index (χ0v) is 19.9. The number of piperazine rings is 1. The number of anilines is 2. The summed E-state index contributed by atoms with van der Waals surface area (Å²) in [5.41, 5.74) is 0.958. The normalized spacial score (nSPS) is 15.7. The smallest absolute Gasteiger partial charge is 0.338 e. The number of ketones is 1. The van der Waals surface area contributed by atoms with E-state index in [0.717, 1.165) is 25.9 Å². The lowest BCUT2D eigenvalue weighted by atomic mass is 10.1. The highest BCUT2D eigenvalue weighted by Crippen LogP contribution is 2.32. The Labute approximate surface area is 207 Å². The van der Waals surface area contributed by atoms with Crippen molar-refractivity contribution in [1.29, 1.82) is 0 Å². The van der Waals surface area contributed by atoms with Crippen molar-refractivity contribution >= 4 is 34.7 Å². The highest BCUT2D eigenvalue weighted by Gasteiger charge is 2.26. The maximum Gasteiger partial charge on any atom is 0.338 e. The van der Waals surface area contributed by atoms with Crippen molar-refractivity contribution in [3.8, 4) is 0 Å². The van der Waals surface area contributed by atoms with Gasteiger partial charge in [0.15, 0.2) is 12.4 Å². The number of ether oxygens (including phenoxy) is 1. The molecule has 0 aromatic heterocycles. The van der Waals surface area contributed by atoms with Crippen LogP contribution < -0.4 is 9.80 Å². The molecule has 2 saturated heterocycles. The SMILES string of the molecule is CC(=O)c1ccc(N2CCN(C(=O)COC(=O)c3ccc(N4CCCC4)c([N+](=O)[O-])c3)CC2)c(F)c1. The van der Waals surface area contributed by atoms with E-state index in [2.05, 4.69) is 0 Å². The van der Waals surface area contributed by atoms with Crippen molar-refractivity contribution in [2.45, 2.75) is 19.8 Å². The summed E-state index contributed by atoms with van der Waals surface area (Å²) in [5.74, 6) is -1.94. The number of carbonyl (C=O) groups excluding carboxylic acids is 3. The average Bonchev–Trinajstić information content (AvgIpc) is 3.41. The number of rotatable bonds is 7. The van der Waals surface area contributed by atoms with Gasteiger partial charge in [0.1, 0.15) is 11.5 Å². The molecule has 11 heteroatoms. The Kier molecular flexibility index (Phi) is 7.47. The van der Waals surface area contributed by atoms with Gasteiger partial charge in [-0.05, 0) is 50.1 Å². The lowest BCUT2D eigenvalue weighted by Crippen LogP contribution is -2.50. The van der Waals surface area contributed by atoms with Gasteiger partial charge < -0.3 is 19.4 Å². The molecule has 4 rings (SSSR count). The van der Waals surface area contributed by atoms with Crippen molar-refractivity contribution in [3.05, 3.63) is 63.5 Å². The van der Waals surface area contributed by atoms with Crippen molar-refractivity contribution in [3.63, 3.8) is 0 Å². The molecule has 0 bridgehead atoms. The van der Waals surface area contributed by atoms with Crippen molar-refractivity contribution < 1.29 is 28.4 Å². The molecule has 2 aromatic rings. The second-order valence-corrected chi connectivity index (χ2v) is 8.82. The number of halogens is 1.